The average Bonchev–Trinajstić information content (AvgIpc) is 3.04. The Hall–Kier alpha value is -2.84. The van der Waals surface area contributed by atoms with E-state index >= 15 is 0 Å². The number of carbonyl (C=O) groups is 1. The third-order valence-electron chi connectivity index (χ3n) is 4.17. The number of nitro benzene ring substituents is 1. The number of fused-ring (bicyclic) bond motifs is 1. The number of nitrogens with zero attached hydrogens (tertiary/aromatic N) is 3. The lowest BCUT2D eigenvalue weighted by Gasteiger charge is -2.20. The van der Waals surface area contributed by atoms with Crippen molar-refractivity contribution in [1.29, 1.82) is 0 Å². The molecule has 0 fully saturated rings. The summed E-state index contributed by atoms with van der Waals surface area (Å²) in [4.78, 5) is 31.0. The first-order valence-corrected chi connectivity index (χ1v) is 9.39. The molecule has 8 heteroatoms. The molecule has 1 aromatic heterocycles. The second-order valence-corrected chi connectivity index (χ2v) is 7.69. The Kier molecular flexibility index (Phi) is 5.48. The first kappa shape index (κ1) is 18.9. The van der Waals surface area contributed by atoms with Crippen molar-refractivity contribution >= 4 is 38.3 Å². The number of rotatable bonds is 6. The van der Waals surface area contributed by atoms with Gasteiger partial charge in [-0.05, 0) is 36.8 Å². The van der Waals surface area contributed by atoms with Gasteiger partial charge in [-0.2, -0.15) is 0 Å². The molecule has 0 atom stereocenters. The Balaban J connectivity index is 1.95. The Morgan fingerprint density at radius 1 is 1.22 bits per heavy atom. The molecule has 3 rings (SSSR count). The minimum atomic E-state index is -0.475. The number of amides is 1. The maximum absolute atomic E-state index is 13.1. The summed E-state index contributed by atoms with van der Waals surface area (Å²) in [6.45, 7) is 3.29. The number of quaternary nitrogens is 1. The lowest BCUT2D eigenvalue weighted by atomic mass is 10.2. The number of aryl methyl sites for hydroxylation is 1. The predicted molar refractivity (Wildman–Crippen MR) is 107 cm³/mol. The zero-order valence-electron chi connectivity index (χ0n) is 15.4. The highest BCUT2D eigenvalue weighted by atomic mass is 32.1. The van der Waals surface area contributed by atoms with Crippen LogP contribution in [0.3, 0.4) is 0 Å². The van der Waals surface area contributed by atoms with Crippen molar-refractivity contribution in [2.24, 2.45) is 0 Å². The van der Waals surface area contributed by atoms with Gasteiger partial charge in [-0.3, -0.25) is 19.8 Å². The third-order valence-corrected chi connectivity index (χ3v) is 5.21. The molecule has 1 N–H and O–H groups in total. The zero-order chi connectivity index (χ0) is 19.6. The van der Waals surface area contributed by atoms with Crippen molar-refractivity contribution in [3.05, 3.63) is 63.7 Å². The van der Waals surface area contributed by atoms with E-state index in [1.165, 1.54) is 40.5 Å². The number of aromatic nitrogens is 1. The van der Waals surface area contributed by atoms with Crippen LogP contribution < -0.4 is 9.80 Å². The molecule has 3 aromatic rings. The molecule has 0 aliphatic carbocycles. The van der Waals surface area contributed by atoms with Crippen molar-refractivity contribution in [2.75, 3.05) is 32.1 Å². The Labute approximate surface area is 161 Å². The van der Waals surface area contributed by atoms with Gasteiger partial charge < -0.3 is 4.90 Å². The molecule has 0 saturated carbocycles. The van der Waals surface area contributed by atoms with Crippen LogP contribution in [0.5, 0.6) is 0 Å². The number of carbonyl (C=O) groups excluding carboxylic acids is 1. The predicted octanol–water partition coefficient (Wildman–Crippen LogP) is 2.30. The summed E-state index contributed by atoms with van der Waals surface area (Å²) in [5.74, 6) is -0.207. The van der Waals surface area contributed by atoms with Gasteiger partial charge in [0.15, 0.2) is 5.13 Å². The average molecular weight is 385 g/mol. The third kappa shape index (κ3) is 4.29. The van der Waals surface area contributed by atoms with Gasteiger partial charge in [-0.15, -0.1) is 0 Å². The van der Waals surface area contributed by atoms with Crippen LogP contribution in [0.2, 0.25) is 0 Å². The van der Waals surface area contributed by atoms with E-state index in [1.54, 1.807) is 4.90 Å². The van der Waals surface area contributed by atoms with Crippen LogP contribution in [-0.2, 0) is 0 Å². The van der Waals surface area contributed by atoms with Crippen LogP contribution in [0.15, 0.2) is 42.5 Å². The number of thiazole rings is 1. The normalized spacial score (nSPS) is 11.1. The van der Waals surface area contributed by atoms with Gasteiger partial charge in [0, 0.05) is 17.7 Å². The second-order valence-electron chi connectivity index (χ2n) is 6.69. The first-order valence-electron chi connectivity index (χ1n) is 8.57. The van der Waals surface area contributed by atoms with Gasteiger partial charge in [0.25, 0.3) is 11.6 Å². The summed E-state index contributed by atoms with van der Waals surface area (Å²) in [5.41, 5.74) is 2.37. The minimum Gasteiger partial charge on any atom is -0.338 e. The molecule has 0 aliphatic heterocycles. The van der Waals surface area contributed by atoms with E-state index in [4.69, 9.17) is 0 Å². The lowest BCUT2D eigenvalue weighted by Crippen LogP contribution is -3.06. The van der Waals surface area contributed by atoms with E-state index < -0.39 is 4.92 Å². The van der Waals surface area contributed by atoms with Crippen molar-refractivity contribution in [3.8, 4) is 0 Å². The van der Waals surface area contributed by atoms with E-state index in [0.29, 0.717) is 17.2 Å². The molecule has 0 aliphatic rings. The maximum atomic E-state index is 13.1. The molecule has 0 bridgehead atoms. The molecule has 0 saturated heterocycles. The van der Waals surface area contributed by atoms with E-state index in [2.05, 4.69) is 11.1 Å². The number of hydrogen-bond acceptors (Lipinski definition) is 5. The molecule has 0 unspecified atom stereocenters. The summed E-state index contributed by atoms with van der Waals surface area (Å²) < 4.78 is 1.03. The van der Waals surface area contributed by atoms with Crippen LogP contribution in [-0.4, -0.2) is 43.0 Å². The highest BCUT2D eigenvalue weighted by Gasteiger charge is 2.22. The standard InChI is InChI=1S/C19H20N4O3S/c1-13-4-9-16-17(12-13)27-19(20-16)22(11-10-21(2)3)18(24)14-5-7-15(8-6-14)23(25)26/h4-9,12H,10-11H2,1-3H3/p+1. The van der Waals surface area contributed by atoms with Crippen molar-refractivity contribution in [3.63, 3.8) is 0 Å². The summed E-state index contributed by atoms with van der Waals surface area (Å²) in [5, 5.41) is 11.5. The molecule has 140 valence electrons. The number of nitro groups is 1. The van der Waals surface area contributed by atoms with Crippen LogP contribution in [0.4, 0.5) is 10.8 Å². The number of likely N-dealkylation sites (N-methyl/N-ethyl adjacent to an activating group) is 1. The van der Waals surface area contributed by atoms with E-state index in [-0.39, 0.29) is 11.6 Å². The van der Waals surface area contributed by atoms with Crippen molar-refractivity contribution < 1.29 is 14.6 Å². The fourth-order valence-corrected chi connectivity index (χ4v) is 3.72. The monoisotopic (exact) mass is 385 g/mol. The number of nitrogens with one attached hydrogen (secondary N) is 1. The number of non-ortho nitro benzene ring substituents is 1. The SMILES string of the molecule is Cc1ccc2nc(N(CC[NH+](C)C)C(=O)c3ccc([N+](=O)[O-])cc3)sc2c1. The summed E-state index contributed by atoms with van der Waals surface area (Å²) in [6.07, 6.45) is 0. The Morgan fingerprint density at radius 2 is 1.93 bits per heavy atom. The molecule has 7 nitrogen and oxygen atoms in total. The van der Waals surface area contributed by atoms with Crippen LogP contribution in [0.25, 0.3) is 10.2 Å². The Morgan fingerprint density at radius 3 is 2.56 bits per heavy atom. The van der Waals surface area contributed by atoms with Gasteiger partial charge in [-0.1, -0.05) is 17.4 Å². The zero-order valence-corrected chi connectivity index (χ0v) is 16.2. The molecule has 0 spiro atoms. The summed E-state index contributed by atoms with van der Waals surface area (Å²) in [6, 6.07) is 11.7. The van der Waals surface area contributed by atoms with Gasteiger partial charge in [-0.25, -0.2) is 4.98 Å². The summed E-state index contributed by atoms with van der Waals surface area (Å²) >= 11 is 1.48. The van der Waals surface area contributed by atoms with Gasteiger partial charge in [0.2, 0.25) is 0 Å². The van der Waals surface area contributed by atoms with E-state index in [0.717, 1.165) is 22.3 Å². The fourth-order valence-electron chi connectivity index (χ4n) is 2.64. The van der Waals surface area contributed by atoms with Crippen LogP contribution in [0, 0.1) is 17.0 Å². The molecular formula is C19H21N4O3S+. The largest absolute Gasteiger partial charge is 0.338 e. The van der Waals surface area contributed by atoms with E-state index in [9.17, 15) is 14.9 Å². The van der Waals surface area contributed by atoms with Gasteiger partial charge >= 0.3 is 0 Å². The molecular weight excluding hydrogens is 364 g/mol. The molecule has 1 amide bonds. The Bertz CT molecular complexity index is 982. The van der Waals surface area contributed by atoms with Crippen molar-refractivity contribution in [1.82, 2.24) is 4.98 Å². The van der Waals surface area contributed by atoms with E-state index in [1.807, 2.05) is 33.2 Å². The summed E-state index contributed by atoms with van der Waals surface area (Å²) in [7, 11) is 4.05. The smallest absolute Gasteiger partial charge is 0.269 e. The van der Waals surface area contributed by atoms with Gasteiger partial charge in [0.1, 0.15) is 0 Å². The van der Waals surface area contributed by atoms with Crippen LogP contribution >= 0.6 is 11.3 Å². The first-order chi connectivity index (χ1) is 12.8. The number of benzene rings is 2. The maximum Gasteiger partial charge on any atom is 0.269 e. The molecule has 2 aromatic carbocycles. The molecule has 0 radical (unpaired) electrons. The molecule has 1 heterocycles. The van der Waals surface area contributed by atoms with Gasteiger partial charge in [0.05, 0.1) is 42.3 Å². The lowest BCUT2D eigenvalue weighted by molar-refractivity contribution is -0.856. The second kappa shape index (κ2) is 7.81. The fraction of sp³-hybridized carbons (Fsp3) is 0.263. The van der Waals surface area contributed by atoms with Crippen molar-refractivity contribution in [2.45, 2.75) is 6.92 Å². The molecule has 27 heavy (non-hydrogen) atoms. The van der Waals surface area contributed by atoms with Crippen LogP contribution in [0.1, 0.15) is 15.9 Å². The number of anilines is 1. The number of hydrogen-bond donors (Lipinski definition) is 1. The minimum absolute atomic E-state index is 0.0358. The highest BCUT2D eigenvalue weighted by Crippen LogP contribution is 2.30. The topological polar surface area (TPSA) is 80.8 Å². The quantitative estimate of drug-likeness (QED) is 0.522. The highest BCUT2D eigenvalue weighted by molar-refractivity contribution is 7.22.